The van der Waals surface area contributed by atoms with Crippen LogP contribution in [0, 0.1) is 12.7 Å². The Labute approximate surface area is 109 Å². The Morgan fingerprint density at radius 3 is 2.68 bits per heavy atom. The highest BCUT2D eigenvalue weighted by Crippen LogP contribution is 2.30. The van der Waals surface area contributed by atoms with Gasteiger partial charge in [-0.2, -0.15) is 0 Å². The van der Waals surface area contributed by atoms with Crippen molar-refractivity contribution in [3.05, 3.63) is 53.3 Å². The molecule has 0 aliphatic heterocycles. The fraction of sp³-hybridized carbons (Fsp3) is 0.0714. The second-order valence-electron chi connectivity index (χ2n) is 4.13. The molecule has 5 heteroatoms. The first kappa shape index (κ1) is 12.9. The molecule has 0 saturated carbocycles. The number of nitrogen functional groups attached to an aromatic ring is 1. The average molecular weight is 260 g/mol. The molecule has 1 amide bonds. The van der Waals surface area contributed by atoms with Crippen molar-refractivity contribution in [3.8, 4) is 11.5 Å². The van der Waals surface area contributed by atoms with Gasteiger partial charge in [0.25, 0.3) is 0 Å². The van der Waals surface area contributed by atoms with E-state index in [0.717, 1.165) is 0 Å². The summed E-state index contributed by atoms with van der Waals surface area (Å²) >= 11 is 0. The number of carbonyl (C=O) groups excluding carboxylic acids is 1. The molecule has 0 atom stereocenters. The molecule has 4 N–H and O–H groups in total. The molecule has 0 fully saturated rings. The highest BCUT2D eigenvalue weighted by molar-refractivity contribution is 5.93. The van der Waals surface area contributed by atoms with Gasteiger partial charge in [0.1, 0.15) is 11.6 Å². The van der Waals surface area contributed by atoms with E-state index in [9.17, 15) is 9.18 Å². The number of ether oxygens (including phenoxy) is 1. The summed E-state index contributed by atoms with van der Waals surface area (Å²) in [6.07, 6.45) is 0. The van der Waals surface area contributed by atoms with Crippen LogP contribution in [0.5, 0.6) is 11.5 Å². The van der Waals surface area contributed by atoms with Gasteiger partial charge in [0.15, 0.2) is 5.75 Å². The first-order valence-corrected chi connectivity index (χ1v) is 5.60. The molecule has 0 aromatic heterocycles. The molecule has 98 valence electrons. The third-order valence-corrected chi connectivity index (χ3v) is 2.64. The Morgan fingerprint density at radius 2 is 2.00 bits per heavy atom. The first-order valence-electron chi connectivity index (χ1n) is 5.60. The Bertz CT molecular complexity index is 641. The molecule has 0 aliphatic rings. The molecule has 0 unspecified atom stereocenters. The molecule has 0 spiro atoms. The predicted molar refractivity (Wildman–Crippen MR) is 70.6 cm³/mol. The molecule has 0 aliphatic carbocycles. The molecule has 0 heterocycles. The monoisotopic (exact) mass is 260 g/mol. The number of nitrogens with two attached hydrogens (primary N) is 2. The summed E-state index contributed by atoms with van der Waals surface area (Å²) in [5.41, 5.74) is 11.8. The number of primary amides is 1. The van der Waals surface area contributed by atoms with E-state index in [1.165, 1.54) is 18.2 Å². The number of benzene rings is 2. The van der Waals surface area contributed by atoms with E-state index < -0.39 is 11.7 Å². The van der Waals surface area contributed by atoms with Gasteiger partial charge in [-0.15, -0.1) is 0 Å². The van der Waals surface area contributed by atoms with Gasteiger partial charge >= 0.3 is 0 Å². The van der Waals surface area contributed by atoms with Crippen LogP contribution in [0.2, 0.25) is 0 Å². The number of rotatable bonds is 3. The lowest BCUT2D eigenvalue weighted by Crippen LogP contribution is -2.10. The minimum Gasteiger partial charge on any atom is -0.455 e. The Balaban J connectivity index is 2.33. The van der Waals surface area contributed by atoms with Gasteiger partial charge in [-0.1, -0.05) is 6.07 Å². The van der Waals surface area contributed by atoms with Crippen molar-refractivity contribution in [2.45, 2.75) is 6.92 Å². The largest absolute Gasteiger partial charge is 0.455 e. The van der Waals surface area contributed by atoms with Crippen LogP contribution in [0.25, 0.3) is 0 Å². The van der Waals surface area contributed by atoms with Gasteiger partial charge < -0.3 is 16.2 Å². The number of amides is 1. The second kappa shape index (κ2) is 4.97. The van der Waals surface area contributed by atoms with Crippen molar-refractivity contribution in [2.24, 2.45) is 5.73 Å². The quantitative estimate of drug-likeness (QED) is 0.832. The maximum Gasteiger partial charge on any atom is 0.248 e. The summed E-state index contributed by atoms with van der Waals surface area (Å²) in [5, 5.41) is 0. The normalized spacial score (nSPS) is 10.2. The summed E-state index contributed by atoms with van der Waals surface area (Å²) in [5.74, 6) is -0.195. The fourth-order valence-corrected chi connectivity index (χ4v) is 1.60. The van der Waals surface area contributed by atoms with Gasteiger partial charge in [-0.25, -0.2) is 4.39 Å². The fourth-order valence-electron chi connectivity index (χ4n) is 1.60. The molecule has 0 radical (unpaired) electrons. The average Bonchev–Trinajstić information content (AvgIpc) is 2.36. The maximum atomic E-state index is 13.3. The lowest BCUT2D eigenvalue weighted by Gasteiger charge is -2.10. The van der Waals surface area contributed by atoms with E-state index in [0.29, 0.717) is 22.6 Å². The molecule has 2 rings (SSSR count). The van der Waals surface area contributed by atoms with Crippen molar-refractivity contribution in [2.75, 3.05) is 5.73 Å². The maximum absolute atomic E-state index is 13.3. The minimum absolute atomic E-state index is 0.188. The summed E-state index contributed by atoms with van der Waals surface area (Å²) in [6.45, 7) is 1.61. The minimum atomic E-state index is -0.547. The number of anilines is 1. The molecular formula is C14H13FN2O2. The Morgan fingerprint density at radius 1 is 1.26 bits per heavy atom. The van der Waals surface area contributed by atoms with E-state index in [4.69, 9.17) is 16.2 Å². The van der Waals surface area contributed by atoms with Crippen molar-refractivity contribution < 1.29 is 13.9 Å². The van der Waals surface area contributed by atoms with Crippen LogP contribution in [0.1, 0.15) is 15.9 Å². The Kier molecular flexibility index (Phi) is 3.37. The van der Waals surface area contributed by atoms with Crippen LogP contribution in [0.3, 0.4) is 0 Å². The smallest absolute Gasteiger partial charge is 0.248 e. The van der Waals surface area contributed by atoms with Crippen molar-refractivity contribution in [1.82, 2.24) is 0 Å². The lowest BCUT2D eigenvalue weighted by atomic mass is 10.2. The van der Waals surface area contributed by atoms with Crippen LogP contribution in [0.15, 0.2) is 36.4 Å². The van der Waals surface area contributed by atoms with Crippen LogP contribution in [-0.2, 0) is 0 Å². The molecule has 2 aromatic rings. The zero-order valence-corrected chi connectivity index (χ0v) is 10.3. The molecule has 4 nitrogen and oxygen atoms in total. The van der Waals surface area contributed by atoms with Crippen molar-refractivity contribution in [3.63, 3.8) is 0 Å². The topological polar surface area (TPSA) is 78.3 Å². The first-order chi connectivity index (χ1) is 8.97. The highest BCUT2D eigenvalue weighted by Gasteiger charge is 2.08. The van der Waals surface area contributed by atoms with Crippen LogP contribution >= 0.6 is 0 Å². The second-order valence-corrected chi connectivity index (χ2v) is 4.13. The van der Waals surface area contributed by atoms with Crippen molar-refractivity contribution in [1.29, 1.82) is 0 Å². The summed E-state index contributed by atoms with van der Waals surface area (Å²) in [4.78, 5) is 11.1. The van der Waals surface area contributed by atoms with E-state index >= 15 is 0 Å². The third-order valence-electron chi connectivity index (χ3n) is 2.64. The van der Waals surface area contributed by atoms with Crippen LogP contribution < -0.4 is 16.2 Å². The summed E-state index contributed by atoms with van der Waals surface area (Å²) < 4.78 is 18.8. The Hall–Kier alpha value is -2.56. The molecule has 19 heavy (non-hydrogen) atoms. The number of hydrogen-bond donors (Lipinski definition) is 2. The molecule has 0 saturated heterocycles. The van der Waals surface area contributed by atoms with Crippen molar-refractivity contribution >= 4 is 11.6 Å². The van der Waals surface area contributed by atoms with Gasteiger partial charge in [-0.3, -0.25) is 4.79 Å². The highest BCUT2D eigenvalue weighted by atomic mass is 19.1. The SMILES string of the molecule is Cc1cc(Oc2cccc(C(N)=O)c2)c(N)cc1F. The number of carbonyl (C=O) groups is 1. The zero-order valence-electron chi connectivity index (χ0n) is 10.3. The third kappa shape index (κ3) is 2.82. The molecular weight excluding hydrogens is 247 g/mol. The molecule has 0 bridgehead atoms. The summed E-state index contributed by atoms with van der Waals surface area (Å²) in [6, 6.07) is 9.08. The van der Waals surface area contributed by atoms with E-state index in [1.807, 2.05) is 0 Å². The standard InChI is InChI=1S/C14H13FN2O2/c1-8-5-13(12(16)7-11(8)15)19-10-4-2-3-9(6-10)14(17)18/h2-7H,16H2,1H3,(H2,17,18). The van der Waals surface area contributed by atoms with E-state index in [-0.39, 0.29) is 5.69 Å². The van der Waals surface area contributed by atoms with E-state index in [2.05, 4.69) is 0 Å². The number of halogens is 1. The molecule has 2 aromatic carbocycles. The van der Waals surface area contributed by atoms with Gasteiger partial charge in [0, 0.05) is 11.6 Å². The zero-order chi connectivity index (χ0) is 14.0. The van der Waals surface area contributed by atoms with Gasteiger partial charge in [0.2, 0.25) is 5.91 Å². The number of aryl methyl sites for hydroxylation is 1. The van der Waals surface area contributed by atoms with E-state index in [1.54, 1.807) is 25.1 Å². The number of hydrogen-bond acceptors (Lipinski definition) is 3. The van der Waals surface area contributed by atoms with Crippen LogP contribution in [-0.4, -0.2) is 5.91 Å². The summed E-state index contributed by atoms with van der Waals surface area (Å²) in [7, 11) is 0. The lowest BCUT2D eigenvalue weighted by molar-refractivity contribution is 0.1000. The van der Waals surface area contributed by atoms with Crippen LogP contribution in [0.4, 0.5) is 10.1 Å². The predicted octanol–water partition coefficient (Wildman–Crippen LogP) is 2.61. The van der Waals surface area contributed by atoms with Gasteiger partial charge in [0.05, 0.1) is 5.69 Å². The van der Waals surface area contributed by atoms with Gasteiger partial charge in [-0.05, 0) is 36.8 Å².